The standard InChI is InChI=1S/C19H19Cl2N7/c20-9-3-5-14-12-27(25-23-14)18-11-19(22-17-8-2-1-7-16(17)18)28-13-15(24-26-28)6-4-10-21/h1-2,7-8,11-13H,3-6,9-10H2. The Morgan fingerprint density at radius 2 is 1.46 bits per heavy atom. The van der Waals surface area contributed by atoms with Crippen LogP contribution in [0.1, 0.15) is 24.2 Å². The summed E-state index contributed by atoms with van der Waals surface area (Å²) < 4.78 is 3.47. The third-order valence-electron chi connectivity index (χ3n) is 4.38. The van der Waals surface area contributed by atoms with Crippen molar-refractivity contribution in [2.45, 2.75) is 25.7 Å². The number of alkyl halides is 2. The minimum absolute atomic E-state index is 0.601. The van der Waals surface area contributed by atoms with E-state index in [1.807, 2.05) is 42.7 Å². The van der Waals surface area contributed by atoms with Crippen LogP contribution in [0.15, 0.2) is 42.7 Å². The van der Waals surface area contributed by atoms with E-state index in [0.29, 0.717) is 17.6 Å². The molecule has 0 bridgehead atoms. The highest BCUT2D eigenvalue weighted by Crippen LogP contribution is 2.23. The lowest BCUT2D eigenvalue weighted by Crippen LogP contribution is -2.04. The van der Waals surface area contributed by atoms with Crippen LogP contribution in [-0.2, 0) is 12.8 Å². The van der Waals surface area contributed by atoms with Crippen LogP contribution in [0, 0.1) is 0 Å². The normalized spacial score (nSPS) is 11.4. The molecule has 7 nitrogen and oxygen atoms in total. The van der Waals surface area contributed by atoms with Gasteiger partial charge in [-0.3, -0.25) is 0 Å². The van der Waals surface area contributed by atoms with E-state index in [1.54, 1.807) is 9.36 Å². The molecule has 28 heavy (non-hydrogen) atoms. The van der Waals surface area contributed by atoms with Crippen LogP contribution >= 0.6 is 23.2 Å². The average molecular weight is 416 g/mol. The number of pyridine rings is 1. The summed E-state index contributed by atoms with van der Waals surface area (Å²) in [6.45, 7) is 0. The van der Waals surface area contributed by atoms with Gasteiger partial charge in [-0.2, -0.15) is 0 Å². The molecule has 4 rings (SSSR count). The maximum atomic E-state index is 5.79. The number of halogens is 2. The number of benzene rings is 1. The first-order chi connectivity index (χ1) is 13.8. The molecule has 0 aliphatic carbocycles. The summed E-state index contributed by atoms with van der Waals surface area (Å²) in [5.74, 6) is 1.88. The van der Waals surface area contributed by atoms with Gasteiger partial charge in [-0.1, -0.05) is 28.6 Å². The van der Waals surface area contributed by atoms with Crippen molar-refractivity contribution in [2.75, 3.05) is 11.8 Å². The number of rotatable bonds is 8. The van der Waals surface area contributed by atoms with Gasteiger partial charge in [0.2, 0.25) is 0 Å². The van der Waals surface area contributed by atoms with Crippen molar-refractivity contribution in [2.24, 2.45) is 0 Å². The van der Waals surface area contributed by atoms with Crippen LogP contribution in [0.25, 0.3) is 22.4 Å². The predicted molar refractivity (Wildman–Crippen MR) is 110 cm³/mol. The maximum absolute atomic E-state index is 5.79. The number of aryl methyl sites for hydroxylation is 2. The Morgan fingerprint density at radius 3 is 2.18 bits per heavy atom. The summed E-state index contributed by atoms with van der Waals surface area (Å²) >= 11 is 11.6. The van der Waals surface area contributed by atoms with Crippen molar-refractivity contribution in [1.29, 1.82) is 0 Å². The van der Waals surface area contributed by atoms with Crippen LogP contribution in [-0.4, -0.2) is 46.7 Å². The highest BCUT2D eigenvalue weighted by atomic mass is 35.5. The first-order valence-corrected chi connectivity index (χ1v) is 10.2. The molecule has 0 atom stereocenters. The van der Waals surface area contributed by atoms with Crippen LogP contribution in [0.4, 0.5) is 0 Å². The van der Waals surface area contributed by atoms with Gasteiger partial charge in [0.05, 0.1) is 35.0 Å². The van der Waals surface area contributed by atoms with Gasteiger partial charge in [0.1, 0.15) is 0 Å². The van der Waals surface area contributed by atoms with E-state index >= 15 is 0 Å². The van der Waals surface area contributed by atoms with Crippen molar-refractivity contribution in [3.05, 3.63) is 54.1 Å². The monoisotopic (exact) mass is 415 g/mol. The molecule has 0 aliphatic rings. The van der Waals surface area contributed by atoms with Gasteiger partial charge in [0.25, 0.3) is 0 Å². The van der Waals surface area contributed by atoms with Crippen molar-refractivity contribution < 1.29 is 0 Å². The quantitative estimate of drug-likeness (QED) is 0.409. The van der Waals surface area contributed by atoms with Crippen molar-refractivity contribution >= 4 is 34.1 Å². The maximum Gasteiger partial charge on any atom is 0.157 e. The molecule has 3 aromatic heterocycles. The number of fused-ring (bicyclic) bond motifs is 1. The number of para-hydroxylation sites is 1. The third-order valence-corrected chi connectivity index (χ3v) is 4.91. The van der Waals surface area contributed by atoms with Crippen molar-refractivity contribution in [3.63, 3.8) is 0 Å². The van der Waals surface area contributed by atoms with E-state index in [9.17, 15) is 0 Å². The SMILES string of the molecule is ClCCCc1cn(-c2cc(-n3cc(CCCCl)nn3)c3ccccc3n2)nn1. The second-order valence-electron chi connectivity index (χ2n) is 6.41. The highest BCUT2D eigenvalue weighted by molar-refractivity contribution is 6.18. The fraction of sp³-hybridized carbons (Fsp3) is 0.316. The Bertz CT molecular complexity index is 1070. The number of aromatic nitrogens is 7. The van der Waals surface area contributed by atoms with E-state index in [4.69, 9.17) is 28.2 Å². The molecule has 1 aromatic carbocycles. The molecule has 0 saturated heterocycles. The van der Waals surface area contributed by atoms with E-state index in [2.05, 4.69) is 20.6 Å². The van der Waals surface area contributed by atoms with Crippen LogP contribution in [0.2, 0.25) is 0 Å². The molecule has 0 fully saturated rings. The zero-order valence-corrected chi connectivity index (χ0v) is 16.7. The first kappa shape index (κ1) is 18.8. The second-order valence-corrected chi connectivity index (χ2v) is 7.17. The summed E-state index contributed by atoms with van der Waals surface area (Å²) in [4.78, 5) is 4.74. The van der Waals surface area contributed by atoms with Crippen molar-refractivity contribution in [3.8, 4) is 11.5 Å². The van der Waals surface area contributed by atoms with Gasteiger partial charge < -0.3 is 0 Å². The third kappa shape index (κ3) is 4.00. The molecular formula is C19H19Cl2N7. The predicted octanol–water partition coefficient (Wildman–Crippen LogP) is 3.74. The summed E-state index contributed by atoms with van der Waals surface area (Å²) in [6, 6.07) is 9.89. The van der Waals surface area contributed by atoms with Gasteiger partial charge in [-0.05, 0) is 31.7 Å². The topological polar surface area (TPSA) is 74.3 Å². The Kier molecular flexibility index (Phi) is 5.83. The van der Waals surface area contributed by atoms with Crippen LogP contribution < -0.4 is 0 Å². The van der Waals surface area contributed by atoms with Crippen LogP contribution in [0.3, 0.4) is 0 Å². The molecule has 0 spiro atoms. The molecule has 0 saturated carbocycles. The first-order valence-electron chi connectivity index (χ1n) is 9.13. The zero-order chi connectivity index (χ0) is 19.3. The van der Waals surface area contributed by atoms with Gasteiger partial charge in [-0.15, -0.1) is 33.4 Å². The van der Waals surface area contributed by atoms with Crippen LogP contribution in [0.5, 0.6) is 0 Å². The second kappa shape index (κ2) is 8.67. The molecule has 9 heteroatoms. The zero-order valence-electron chi connectivity index (χ0n) is 15.2. The highest BCUT2D eigenvalue weighted by Gasteiger charge is 2.12. The van der Waals surface area contributed by atoms with Gasteiger partial charge in [0.15, 0.2) is 5.82 Å². The fourth-order valence-electron chi connectivity index (χ4n) is 3.00. The minimum Gasteiger partial charge on any atom is -0.228 e. The fourth-order valence-corrected chi connectivity index (χ4v) is 3.27. The molecule has 144 valence electrons. The Morgan fingerprint density at radius 1 is 0.821 bits per heavy atom. The van der Waals surface area contributed by atoms with E-state index in [-0.39, 0.29) is 0 Å². The lowest BCUT2D eigenvalue weighted by molar-refractivity contribution is 0.768. The van der Waals surface area contributed by atoms with E-state index in [0.717, 1.165) is 53.7 Å². The summed E-state index contributed by atoms with van der Waals surface area (Å²) in [5.41, 5.74) is 3.54. The van der Waals surface area contributed by atoms with Gasteiger partial charge in [0, 0.05) is 23.2 Å². The molecule has 0 unspecified atom stereocenters. The summed E-state index contributed by atoms with van der Waals surface area (Å²) in [6.07, 6.45) is 7.14. The van der Waals surface area contributed by atoms with Crippen molar-refractivity contribution in [1.82, 2.24) is 35.0 Å². The average Bonchev–Trinajstić information content (AvgIpc) is 3.39. The molecule has 4 aromatic rings. The molecule has 3 heterocycles. The largest absolute Gasteiger partial charge is 0.228 e. The number of nitrogens with zero attached hydrogens (tertiary/aromatic N) is 7. The van der Waals surface area contributed by atoms with Gasteiger partial charge >= 0.3 is 0 Å². The molecule has 0 radical (unpaired) electrons. The Hall–Kier alpha value is -2.51. The smallest absolute Gasteiger partial charge is 0.157 e. The van der Waals surface area contributed by atoms with Gasteiger partial charge in [-0.25, -0.2) is 14.3 Å². The lowest BCUT2D eigenvalue weighted by atomic mass is 10.2. The van der Waals surface area contributed by atoms with E-state index in [1.165, 1.54) is 0 Å². The Labute approximate surface area is 172 Å². The number of hydrogen-bond acceptors (Lipinski definition) is 5. The Balaban J connectivity index is 1.75. The summed E-state index contributed by atoms with van der Waals surface area (Å²) in [5, 5.41) is 18.0. The number of hydrogen-bond donors (Lipinski definition) is 0. The minimum atomic E-state index is 0.601. The van der Waals surface area contributed by atoms with E-state index < -0.39 is 0 Å². The summed E-state index contributed by atoms with van der Waals surface area (Å²) in [7, 11) is 0. The lowest BCUT2D eigenvalue weighted by Gasteiger charge is -2.08. The molecule has 0 aliphatic heterocycles. The molecule has 0 N–H and O–H groups in total. The molecule has 0 amide bonds. The molecular weight excluding hydrogens is 397 g/mol.